The van der Waals surface area contributed by atoms with Crippen molar-refractivity contribution in [2.24, 2.45) is 0 Å². The first-order chi connectivity index (χ1) is 12.2. The number of carbonyl (C=O) groups excluding carboxylic acids is 1. The van der Waals surface area contributed by atoms with Crippen LogP contribution in [0.25, 0.3) is 0 Å². The number of nitrogens with zero attached hydrogens (tertiary/aromatic N) is 3. The number of benzene rings is 1. The SMILES string of the molecule is COc1cccc(NC(=S)N2CCN(CC(=O)N3CCCC3)CC2)c1. The van der Waals surface area contributed by atoms with Gasteiger partial charge in [-0.1, -0.05) is 6.07 Å². The fourth-order valence-electron chi connectivity index (χ4n) is 3.27. The van der Waals surface area contributed by atoms with Crippen molar-refractivity contribution in [2.75, 3.05) is 58.2 Å². The minimum atomic E-state index is 0.267. The molecule has 1 N–H and O–H groups in total. The highest BCUT2D eigenvalue weighted by molar-refractivity contribution is 7.80. The van der Waals surface area contributed by atoms with Gasteiger partial charge in [0.2, 0.25) is 5.91 Å². The number of piperazine rings is 1. The minimum absolute atomic E-state index is 0.267. The van der Waals surface area contributed by atoms with E-state index in [1.807, 2.05) is 29.2 Å². The molecule has 7 heteroatoms. The van der Waals surface area contributed by atoms with E-state index < -0.39 is 0 Å². The number of likely N-dealkylation sites (tertiary alicyclic amines) is 1. The van der Waals surface area contributed by atoms with Gasteiger partial charge in [-0.05, 0) is 37.2 Å². The fourth-order valence-corrected chi connectivity index (χ4v) is 3.57. The summed E-state index contributed by atoms with van der Waals surface area (Å²) in [6, 6.07) is 7.74. The van der Waals surface area contributed by atoms with Crippen LogP contribution in [0, 0.1) is 0 Å². The highest BCUT2D eigenvalue weighted by Gasteiger charge is 2.24. The first kappa shape index (κ1) is 17.9. The molecular weight excluding hydrogens is 336 g/mol. The standard InChI is InChI=1S/C18H26N4O2S/c1-24-16-6-4-5-15(13-16)19-18(25)22-11-9-20(10-12-22)14-17(23)21-7-2-3-8-21/h4-6,13H,2-3,7-12,14H2,1H3,(H,19,25). The molecule has 0 atom stereocenters. The molecule has 136 valence electrons. The van der Waals surface area contributed by atoms with Crippen LogP contribution in [-0.2, 0) is 4.79 Å². The molecule has 2 aliphatic heterocycles. The van der Waals surface area contributed by atoms with Gasteiger partial charge < -0.3 is 19.9 Å². The lowest BCUT2D eigenvalue weighted by molar-refractivity contribution is -0.131. The van der Waals surface area contributed by atoms with Crippen LogP contribution in [0.1, 0.15) is 12.8 Å². The van der Waals surface area contributed by atoms with Gasteiger partial charge in [-0.3, -0.25) is 9.69 Å². The number of methoxy groups -OCH3 is 1. The molecule has 0 saturated carbocycles. The summed E-state index contributed by atoms with van der Waals surface area (Å²) in [7, 11) is 1.65. The summed E-state index contributed by atoms with van der Waals surface area (Å²) in [6.45, 7) is 5.77. The van der Waals surface area contributed by atoms with Gasteiger partial charge in [-0.25, -0.2) is 0 Å². The molecule has 0 bridgehead atoms. The normalized spacial score (nSPS) is 18.3. The Bertz CT molecular complexity index is 611. The molecule has 2 aliphatic rings. The number of hydrogen-bond acceptors (Lipinski definition) is 4. The lowest BCUT2D eigenvalue weighted by atomic mass is 10.3. The van der Waals surface area contributed by atoms with Crippen molar-refractivity contribution in [3.63, 3.8) is 0 Å². The molecule has 0 aliphatic carbocycles. The average molecular weight is 362 g/mol. The Morgan fingerprint density at radius 2 is 1.84 bits per heavy atom. The summed E-state index contributed by atoms with van der Waals surface area (Å²) >= 11 is 5.53. The van der Waals surface area contributed by atoms with Crippen molar-refractivity contribution >= 4 is 28.9 Å². The zero-order valence-corrected chi connectivity index (χ0v) is 15.6. The third-order valence-electron chi connectivity index (χ3n) is 4.80. The van der Waals surface area contributed by atoms with Gasteiger partial charge in [-0.15, -0.1) is 0 Å². The third-order valence-corrected chi connectivity index (χ3v) is 5.16. The number of rotatable bonds is 4. The molecule has 2 saturated heterocycles. The zero-order valence-electron chi connectivity index (χ0n) is 14.7. The fraction of sp³-hybridized carbons (Fsp3) is 0.556. The summed E-state index contributed by atoms with van der Waals surface area (Å²) in [5.74, 6) is 1.07. The number of thiocarbonyl (C=S) groups is 1. The van der Waals surface area contributed by atoms with Crippen LogP contribution in [0.5, 0.6) is 5.75 Å². The van der Waals surface area contributed by atoms with E-state index in [0.717, 1.165) is 68.7 Å². The maximum atomic E-state index is 12.3. The maximum absolute atomic E-state index is 12.3. The number of anilines is 1. The number of carbonyl (C=O) groups is 1. The highest BCUT2D eigenvalue weighted by atomic mass is 32.1. The van der Waals surface area contributed by atoms with Crippen LogP contribution in [0.2, 0.25) is 0 Å². The molecule has 2 heterocycles. The first-order valence-corrected chi connectivity index (χ1v) is 9.26. The summed E-state index contributed by atoms with van der Waals surface area (Å²) in [6.07, 6.45) is 2.29. The second kappa shape index (κ2) is 8.49. The second-order valence-electron chi connectivity index (χ2n) is 6.51. The molecule has 25 heavy (non-hydrogen) atoms. The van der Waals surface area contributed by atoms with Gasteiger partial charge >= 0.3 is 0 Å². The molecule has 0 unspecified atom stereocenters. The van der Waals surface area contributed by atoms with Crippen molar-refractivity contribution in [1.82, 2.24) is 14.7 Å². The second-order valence-corrected chi connectivity index (χ2v) is 6.90. The molecule has 1 amide bonds. The monoisotopic (exact) mass is 362 g/mol. The molecule has 0 spiro atoms. The van der Waals surface area contributed by atoms with Crippen LogP contribution < -0.4 is 10.1 Å². The maximum Gasteiger partial charge on any atom is 0.236 e. The van der Waals surface area contributed by atoms with Gasteiger partial charge in [0.15, 0.2) is 5.11 Å². The highest BCUT2D eigenvalue weighted by Crippen LogP contribution is 2.17. The summed E-state index contributed by atoms with van der Waals surface area (Å²) in [4.78, 5) is 18.6. The Morgan fingerprint density at radius 3 is 2.52 bits per heavy atom. The van der Waals surface area contributed by atoms with E-state index >= 15 is 0 Å². The Hall–Kier alpha value is -1.86. The molecule has 1 aromatic carbocycles. The van der Waals surface area contributed by atoms with Crippen LogP contribution in [-0.4, -0.2) is 78.6 Å². The summed E-state index contributed by atoms with van der Waals surface area (Å²) < 4.78 is 5.24. The molecular formula is C18H26N4O2S. The lowest BCUT2D eigenvalue weighted by Crippen LogP contribution is -2.52. The van der Waals surface area contributed by atoms with Crippen molar-refractivity contribution in [3.05, 3.63) is 24.3 Å². The van der Waals surface area contributed by atoms with E-state index in [0.29, 0.717) is 6.54 Å². The van der Waals surface area contributed by atoms with Gasteiger partial charge in [-0.2, -0.15) is 0 Å². The van der Waals surface area contributed by atoms with Crippen molar-refractivity contribution in [2.45, 2.75) is 12.8 Å². The predicted molar refractivity (Wildman–Crippen MR) is 103 cm³/mol. The van der Waals surface area contributed by atoms with Crippen LogP contribution >= 0.6 is 12.2 Å². The predicted octanol–water partition coefficient (Wildman–Crippen LogP) is 1.63. The van der Waals surface area contributed by atoms with E-state index in [1.165, 1.54) is 0 Å². The van der Waals surface area contributed by atoms with Crippen molar-refractivity contribution in [1.29, 1.82) is 0 Å². The van der Waals surface area contributed by atoms with Gasteiger partial charge in [0.1, 0.15) is 5.75 Å². The summed E-state index contributed by atoms with van der Waals surface area (Å²) in [5.41, 5.74) is 0.927. The van der Waals surface area contributed by atoms with Crippen LogP contribution in [0.3, 0.4) is 0 Å². The van der Waals surface area contributed by atoms with E-state index in [1.54, 1.807) is 7.11 Å². The Kier molecular flexibility index (Phi) is 6.09. The van der Waals surface area contributed by atoms with Crippen LogP contribution in [0.15, 0.2) is 24.3 Å². The minimum Gasteiger partial charge on any atom is -0.497 e. The average Bonchev–Trinajstić information content (AvgIpc) is 3.17. The molecule has 0 radical (unpaired) electrons. The van der Waals surface area contributed by atoms with Gasteiger partial charge in [0, 0.05) is 51.0 Å². The third kappa shape index (κ3) is 4.83. The molecule has 1 aromatic rings. The number of hydrogen-bond donors (Lipinski definition) is 1. The Balaban J connectivity index is 1.44. The zero-order chi connectivity index (χ0) is 17.6. The Labute approximate surface area is 154 Å². The molecule has 0 aromatic heterocycles. The largest absolute Gasteiger partial charge is 0.497 e. The Morgan fingerprint density at radius 1 is 1.12 bits per heavy atom. The van der Waals surface area contributed by atoms with E-state index in [2.05, 4.69) is 15.1 Å². The van der Waals surface area contributed by atoms with Gasteiger partial charge in [0.05, 0.1) is 13.7 Å². The van der Waals surface area contributed by atoms with Crippen LogP contribution in [0.4, 0.5) is 5.69 Å². The molecule has 3 rings (SSSR count). The summed E-state index contributed by atoms with van der Waals surface area (Å²) in [5, 5.41) is 3.99. The lowest BCUT2D eigenvalue weighted by Gasteiger charge is -2.36. The molecule has 6 nitrogen and oxygen atoms in total. The molecule has 2 fully saturated rings. The number of amides is 1. The van der Waals surface area contributed by atoms with Crippen molar-refractivity contribution in [3.8, 4) is 5.75 Å². The van der Waals surface area contributed by atoms with E-state index in [9.17, 15) is 4.79 Å². The van der Waals surface area contributed by atoms with E-state index in [-0.39, 0.29) is 5.91 Å². The van der Waals surface area contributed by atoms with Gasteiger partial charge in [0.25, 0.3) is 0 Å². The number of ether oxygens (including phenoxy) is 1. The first-order valence-electron chi connectivity index (χ1n) is 8.86. The van der Waals surface area contributed by atoms with E-state index in [4.69, 9.17) is 17.0 Å². The number of nitrogens with one attached hydrogen (secondary N) is 1. The smallest absolute Gasteiger partial charge is 0.236 e. The van der Waals surface area contributed by atoms with Crippen molar-refractivity contribution < 1.29 is 9.53 Å². The topological polar surface area (TPSA) is 48.1 Å². The quantitative estimate of drug-likeness (QED) is 0.822.